The highest BCUT2D eigenvalue weighted by Gasteiger charge is 2.24. The molecule has 11 aromatic carbocycles. The summed E-state index contributed by atoms with van der Waals surface area (Å²) < 4.78 is 0. The molecule has 0 saturated heterocycles. The molecule has 0 radical (unpaired) electrons. The van der Waals surface area contributed by atoms with Crippen LogP contribution in [0.15, 0.2) is 377 Å². The maximum Gasteiger partial charge on any atom is 0.0892 e. The van der Waals surface area contributed by atoms with Crippen LogP contribution in [0.3, 0.4) is 0 Å². The van der Waals surface area contributed by atoms with E-state index < -0.39 is 0 Å². The van der Waals surface area contributed by atoms with Crippen molar-refractivity contribution in [3.8, 4) is 134 Å². The van der Waals surface area contributed by atoms with E-state index in [0.717, 1.165) is 156 Å². The third-order valence-electron chi connectivity index (χ3n) is 18.4. The zero-order chi connectivity index (χ0) is 64.7. The minimum Gasteiger partial charge on any atom is -0.256 e. The Balaban J connectivity index is 0.904. The van der Waals surface area contributed by atoms with E-state index in [2.05, 4.69) is 328 Å². The van der Waals surface area contributed by atoms with Crippen LogP contribution in [-0.4, -0.2) is 19.9 Å². The van der Waals surface area contributed by atoms with E-state index in [-0.39, 0.29) is 0 Å². The smallest absolute Gasteiger partial charge is 0.0892 e. The first-order valence-corrected chi connectivity index (χ1v) is 33.0. The lowest BCUT2D eigenvalue weighted by Crippen LogP contribution is -1.96. The van der Waals surface area contributed by atoms with Gasteiger partial charge in [0.2, 0.25) is 0 Å². The molecule has 4 heteroatoms. The molecule has 4 aromatic heterocycles. The first-order valence-electron chi connectivity index (χ1n) is 33.0. The molecular formula is C93H64N4. The van der Waals surface area contributed by atoms with Gasteiger partial charge in [0.15, 0.2) is 0 Å². The molecule has 4 heterocycles. The van der Waals surface area contributed by atoms with Crippen LogP contribution in [0.5, 0.6) is 0 Å². The number of hydrogen-bond donors (Lipinski definition) is 0. The predicted octanol–water partition coefficient (Wildman–Crippen LogP) is 24.2. The molecule has 0 N–H and O–H groups in total. The van der Waals surface area contributed by atoms with Crippen molar-refractivity contribution in [3.05, 3.63) is 393 Å². The van der Waals surface area contributed by atoms with Crippen LogP contribution >= 0.6 is 0 Å². The third kappa shape index (κ3) is 12.4. The van der Waals surface area contributed by atoms with Gasteiger partial charge < -0.3 is 0 Å². The normalized spacial score (nSPS) is 12.1. The Morgan fingerprint density at radius 2 is 0.546 bits per heavy atom. The predicted molar refractivity (Wildman–Crippen MR) is 404 cm³/mol. The van der Waals surface area contributed by atoms with Gasteiger partial charge in [-0.2, -0.15) is 0 Å². The number of rotatable bonds is 15. The fourth-order valence-electron chi connectivity index (χ4n) is 13.7. The van der Waals surface area contributed by atoms with Crippen LogP contribution < -0.4 is 0 Å². The number of hydrogen-bond acceptors (Lipinski definition) is 4. The summed E-state index contributed by atoms with van der Waals surface area (Å²) in [6.45, 7) is 0. The summed E-state index contributed by atoms with van der Waals surface area (Å²) in [5.74, 6) is 0. The fourth-order valence-corrected chi connectivity index (χ4v) is 13.7. The molecular weight excluding hydrogens is 1170 g/mol. The molecule has 1 aliphatic carbocycles. The highest BCUT2D eigenvalue weighted by molar-refractivity contribution is 6.04. The van der Waals surface area contributed by atoms with Crippen molar-refractivity contribution >= 4 is 16.7 Å². The van der Waals surface area contributed by atoms with Crippen LogP contribution in [0.4, 0.5) is 0 Å². The second kappa shape index (κ2) is 27.1. The summed E-state index contributed by atoms with van der Waals surface area (Å²) in [7, 11) is 0. The zero-order valence-electron chi connectivity index (χ0n) is 53.3. The van der Waals surface area contributed by atoms with Gasteiger partial charge in [0.1, 0.15) is 0 Å². The van der Waals surface area contributed by atoms with Gasteiger partial charge in [-0.15, -0.1) is 0 Å². The van der Waals surface area contributed by atoms with Gasteiger partial charge in [-0.05, 0) is 213 Å². The minimum absolute atomic E-state index is 0.627. The quantitative estimate of drug-likeness (QED) is 0.103. The molecule has 0 atom stereocenters. The van der Waals surface area contributed by atoms with Gasteiger partial charge in [-0.1, -0.05) is 273 Å². The molecule has 0 amide bonds. The van der Waals surface area contributed by atoms with Crippen LogP contribution in [0.1, 0.15) is 23.1 Å². The topological polar surface area (TPSA) is 51.6 Å². The molecule has 15 aromatic rings. The van der Waals surface area contributed by atoms with E-state index in [9.17, 15) is 0 Å². The lowest BCUT2D eigenvalue weighted by Gasteiger charge is -2.19. The van der Waals surface area contributed by atoms with Crippen molar-refractivity contribution in [1.29, 1.82) is 0 Å². The van der Waals surface area contributed by atoms with E-state index in [1.54, 1.807) is 0 Å². The molecule has 0 unspecified atom stereocenters. The van der Waals surface area contributed by atoms with Crippen LogP contribution in [-0.2, 0) is 0 Å². The molecule has 16 rings (SSSR count). The monoisotopic (exact) mass is 1240 g/mol. The van der Waals surface area contributed by atoms with Gasteiger partial charge in [-0.25, -0.2) is 0 Å². The molecule has 1 aliphatic rings. The largest absolute Gasteiger partial charge is 0.256 e. The van der Waals surface area contributed by atoms with E-state index in [1.807, 2.05) is 48.9 Å². The average molecular weight is 1240 g/mol. The SMILES string of the molecule is C1=C(c2ccccc2-c2ccc(-c3ccccn3)cc2-c2cccc(-c3ccccc3)c2)C=C(c2ccccc2-c2ccc(-c3ccccn3)cc2-c2cccc(-c3ccccc3)c2)C=C(c2ccccc2-c2cnc(-c3ccccn3)cc2-c2cccc(-c3ccccc3)c2)C1. The average Bonchev–Trinajstić information content (AvgIpc) is 1.52. The summed E-state index contributed by atoms with van der Waals surface area (Å²) in [6, 6.07) is 120. The molecule has 97 heavy (non-hydrogen) atoms. The van der Waals surface area contributed by atoms with Gasteiger partial charge in [0.25, 0.3) is 0 Å². The van der Waals surface area contributed by atoms with E-state index in [1.165, 1.54) is 11.1 Å². The minimum atomic E-state index is 0.627. The molecule has 456 valence electrons. The highest BCUT2D eigenvalue weighted by Crippen LogP contribution is 2.47. The van der Waals surface area contributed by atoms with Crippen LogP contribution in [0.2, 0.25) is 0 Å². The van der Waals surface area contributed by atoms with Crippen molar-refractivity contribution in [2.75, 3.05) is 0 Å². The van der Waals surface area contributed by atoms with Gasteiger partial charge >= 0.3 is 0 Å². The molecule has 0 saturated carbocycles. The second-order valence-corrected chi connectivity index (χ2v) is 24.4. The summed E-state index contributed by atoms with van der Waals surface area (Å²) in [6.07, 6.45) is 15.6. The van der Waals surface area contributed by atoms with Crippen molar-refractivity contribution < 1.29 is 0 Å². The Kier molecular flexibility index (Phi) is 16.5. The number of benzene rings is 11. The molecule has 0 aliphatic heterocycles. The number of pyridine rings is 4. The Morgan fingerprint density at radius 1 is 0.186 bits per heavy atom. The Bertz CT molecular complexity index is 5450. The van der Waals surface area contributed by atoms with Crippen molar-refractivity contribution in [2.45, 2.75) is 6.42 Å². The van der Waals surface area contributed by atoms with Crippen LogP contribution in [0.25, 0.3) is 151 Å². The maximum atomic E-state index is 5.23. The van der Waals surface area contributed by atoms with E-state index in [0.29, 0.717) is 6.42 Å². The Morgan fingerprint density at radius 3 is 1.00 bits per heavy atom. The van der Waals surface area contributed by atoms with Gasteiger partial charge in [0.05, 0.1) is 22.8 Å². The molecule has 4 nitrogen and oxygen atoms in total. The molecule has 0 spiro atoms. The summed E-state index contributed by atoms with van der Waals surface area (Å²) in [5.41, 5.74) is 32.4. The zero-order valence-corrected chi connectivity index (χ0v) is 53.3. The van der Waals surface area contributed by atoms with Crippen molar-refractivity contribution in [1.82, 2.24) is 19.9 Å². The standard InChI is InChI=1S/C93H64N4/c1-4-25-64(26-5-1)67-31-22-34-70(55-67)86-60-75(90-43-16-19-52-94-90)48-50-84(86)81-40-13-10-37-78(81)73-46-47-74(79-38-11-15-42-83(79)89-63-97-93(92-45-18-21-54-96-92)62-88(89)72-36-24-33-69(57-72)66-29-8-3-9-30-66)59-77(58-73)80-39-12-14-41-82(80)85-51-49-76(91-44-17-20-53-95-91)61-87(85)71-35-23-32-68(56-71)65-27-6-2-7-28-65/h1-46,48-63H,47H2. The summed E-state index contributed by atoms with van der Waals surface area (Å²) in [4.78, 5) is 19.7. The highest BCUT2D eigenvalue weighted by atomic mass is 14.8. The summed E-state index contributed by atoms with van der Waals surface area (Å²) in [5, 5.41) is 0. The number of allylic oxidation sites excluding steroid dienone is 6. The maximum absolute atomic E-state index is 5.23. The Labute approximate surface area is 567 Å². The number of nitrogens with zero attached hydrogens (tertiary/aromatic N) is 4. The first-order chi connectivity index (χ1) is 48.1. The fraction of sp³-hybridized carbons (Fsp3) is 0.0108. The summed E-state index contributed by atoms with van der Waals surface area (Å²) >= 11 is 0. The lowest BCUT2D eigenvalue weighted by molar-refractivity contribution is 1.25. The van der Waals surface area contributed by atoms with Crippen LogP contribution in [0, 0.1) is 0 Å². The second-order valence-electron chi connectivity index (χ2n) is 24.4. The van der Waals surface area contributed by atoms with Crippen molar-refractivity contribution in [3.63, 3.8) is 0 Å². The van der Waals surface area contributed by atoms with E-state index >= 15 is 0 Å². The number of aromatic nitrogens is 4. The van der Waals surface area contributed by atoms with Gasteiger partial charge in [-0.3, -0.25) is 19.9 Å². The van der Waals surface area contributed by atoms with Gasteiger partial charge in [0, 0.05) is 41.5 Å². The molecule has 0 bridgehead atoms. The molecule has 0 fully saturated rings. The lowest BCUT2D eigenvalue weighted by atomic mass is 9.85. The Hall–Kier alpha value is -12.8. The third-order valence-corrected chi connectivity index (χ3v) is 18.4. The van der Waals surface area contributed by atoms with E-state index in [4.69, 9.17) is 19.9 Å². The van der Waals surface area contributed by atoms with Crippen molar-refractivity contribution in [2.24, 2.45) is 0 Å². The first kappa shape index (κ1) is 59.3.